The summed E-state index contributed by atoms with van der Waals surface area (Å²) in [5.41, 5.74) is 0.256. The number of rotatable bonds is 7. The number of hydrogen-bond acceptors (Lipinski definition) is 4. The minimum Gasteiger partial charge on any atom is -0.351 e. The average molecular weight is 313 g/mol. The van der Waals surface area contributed by atoms with Gasteiger partial charge in [0.05, 0.1) is 11.8 Å². The van der Waals surface area contributed by atoms with E-state index in [0.717, 1.165) is 16.4 Å². The van der Waals surface area contributed by atoms with Crippen LogP contribution in [0.3, 0.4) is 0 Å². The van der Waals surface area contributed by atoms with E-state index in [2.05, 4.69) is 5.32 Å². The lowest BCUT2D eigenvalue weighted by atomic mass is 10.2. The second-order valence-electron chi connectivity index (χ2n) is 4.31. The minimum absolute atomic E-state index is 0.0601. The Bertz CT molecular complexity index is 623. The molecule has 8 heteroatoms. The maximum absolute atomic E-state index is 12.7. The Labute approximate surface area is 123 Å². The highest BCUT2D eigenvalue weighted by Crippen LogP contribution is 2.03. The first-order chi connectivity index (χ1) is 9.86. The summed E-state index contributed by atoms with van der Waals surface area (Å²) in [6, 6.07) is 6.81. The van der Waals surface area contributed by atoms with Crippen molar-refractivity contribution in [1.29, 1.82) is 5.26 Å². The van der Waals surface area contributed by atoms with Gasteiger partial charge < -0.3 is 5.32 Å². The van der Waals surface area contributed by atoms with E-state index in [1.165, 1.54) is 19.2 Å². The van der Waals surface area contributed by atoms with Crippen molar-refractivity contribution >= 4 is 15.9 Å². The molecule has 0 radical (unpaired) electrons. The normalized spacial score (nSPS) is 11.1. The van der Waals surface area contributed by atoms with Crippen molar-refractivity contribution < 1.29 is 17.6 Å². The van der Waals surface area contributed by atoms with Gasteiger partial charge in [-0.3, -0.25) is 4.79 Å². The van der Waals surface area contributed by atoms with E-state index in [1.54, 1.807) is 0 Å². The number of halogens is 1. The predicted molar refractivity (Wildman–Crippen MR) is 75.4 cm³/mol. The standard InChI is InChI=1S/C13H16FN3O3S/c1-17(9-2-7-15)21(19,20)10-8-16-13(18)11-3-5-12(14)6-4-11/h3-6H,2,8-10H2,1H3,(H,16,18). The third kappa shape index (κ3) is 5.49. The summed E-state index contributed by atoms with van der Waals surface area (Å²) in [5, 5.41) is 10.9. The van der Waals surface area contributed by atoms with Gasteiger partial charge in [0.1, 0.15) is 5.82 Å². The highest BCUT2D eigenvalue weighted by atomic mass is 32.2. The second-order valence-corrected chi connectivity index (χ2v) is 6.50. The first kappa shape index (κ1) is 17.1. The number of benzene rings is 1. The van der Waals surface area contributed by atoms with Crippen LogP contribution in [0.1, 0.15) is 16.8 Å². The molecule has 1 aromatic rings. The van der Waals surface area contributed by atoms with Crippen LogP contribution >= 0.6 is 0 Å². The van der Waals surface area contributed by atoms with Crippen molar-refractivity contribution in [2.24, 2.45) is 0 Å². The fourth-order valence-electron chi connectivity index (χ4n) is 1.50. The number of amides is 1. The summed E-state index contributed by atoms with van der Waals surface area (Å²) in [7, 11) is -2.13. The third-order valence-electron chi connectivity index (χ3n) is 2.77. The molecule has 1 rings (SSSR count). The molecule has 21 heavy (non-hydrogen) atoms. The molecule has 1 aromatic carbocycles. The molecule has 0 spiro atoms. The maximum Gasteiger partial charge on any atom is 0.251 e. The number of nitriles is 1. The summed E-state index contributed by atoms with van der Waals surface area (Å²) in [5.74, 6) is -1.18. The van der Waals surface area contributed by atoms with Crippen LogP contribution in [0.15, 0.2) is 24.3 Å². The van der Waals surface area contributed by atoms with Crippen LogP contribution in [0.2, 0.25) is 0 Å². The summed E-state index contributed by atoms with van der Waals surface area (Å²) >= 11 is 0. The molecule has 6 nitrogen and oxygen atoms in total. The zero-order valence-electron chi connectivity index (χ0n) is 11.5. The number of carbonyl (C=O) groups excluding carboxylic acids is 1. The summed E-state index contributed by atoms with van der Waals surface area (Å²) in [6.07, 6.45) is 0.109. The SMILES string of the molecule is CN(CCC#N)S(=O)(=O)CCNC(=O)c1ccc(F)cc1. The largest absolute Gasteiger partial charge is 0.351 e. The number of nitrogens with zero attached hydrogens (tertiary/aromatic N) is 2. The van der Waals surface area contributed by atoms with Gasteiger partial charge in [-0.2, -0.15) is 5.26 Å². The van der Waals surface area contributed by atoms with Crippen LogP contribution in [0.5, 0.6) is 0 Å². The van der Waals surface area contributed by atoms with E-state index >= 15 is 0 Å². The molecule has 0 bridgehead atoms. The topological polar surface area (TPSA) is 90.3 Å². The first-order valence-electron chi connectivity index (χ1n) is 6.21. The third-order valence-corrected chi connectivity index (χ3v) is 4.62. The Morgan fingerprint density at radius 3 is 2.57 bits per heavy atom. The predicted octanol–water partition coefficient (Wildman–Crippen LogP) is 0.731. The maximum atomic E-state index is 12.7. The van der Waals surface area contributed by atoms with E-state index in [0.29, 0.717) is 0 Å². The molecule has 0 saturated heterocycles. The van der Waals surface area contributed by atoms with Gasteiger partial charge in [-0.1, -0.05) is 0 Å². The molecule has 0 aliphatic carbocycles. The van der Waals surface area contributed by atoms with Gasteiger partial charge in [-0.15, -0.1) is 0 Å². The van der Waals surface area contributed by atoms with Crippen molar-refractivity contribution in [1.82, 2.24) is 9.62 Å². The molecule has 114 valence electrons. The Morgan fingerprint density at radius 1 is 1.38 bits per heavy atom. The van der Waals surface area contributed by atoms with Crippen molar-refractivity contribution in [2.45, 2.75) is 6.42 Å². The zero-order chi connectivity index (χ0) is 15.9. The molecule has 0 atom stereocenters. The minimum atomic E-state index is -3.51. The van der Waals surface area contributed by atoms with E-state index in [-0.39, 0.29) is 30.8 Å². The Hall–Kier alpha value is -1.98. The molecule has 1 amide bonds. The van der Waals surface area contributed by atoms with Gasteiger partial charge >= 0.3 is 0 Å². The molecular formula is C13H16FN3O3S. The van der Waals surface area contributed by atoms with Crippen LogP contribution in [-0.2, 0) is 10.0 Å². The highest BCUT2D eigenvalue weighted by molar-refractivity contribution is 7.89. The quantitative estimate of drug-likeness (QED) is 0.803. The fraction of sp³-hybridized carbons (Fsp3) is 0.385. The Balaban J connectivity index is 2.47. The average Bonchev–Trinajstić information content (AvgIpc) is 2.45. The van der Waals surface area contributed by atoms with Gasteiger partial charge in [0, 0.05) is 32.1 Å². The van der Waals surface area contributed by atoms with E-state index in [1.807, 2.05) is 6.07 Å². The van der Waals surface area contributed by atoms with Gasteiger partial charge in [0.25, 0.3) is 5.91 Å². The summed E-state index contributed by atoms with van der Waals surface area (Å²) in [4.78, 5) is 11.7. The van der Waals surface area contributed by atoms with Crippen LogP contribution in [0, 0.1) is 17.1 Å². The summed E-state index contributed by atoms with van der Waals surface area (Å²) < 4.78 is 37.4. The summed E-state index contributed by atoms with van der Waals surface area (Å²) in [6.45, 7) is 0.0557. The van der Waals surface area contributed by atoms with E-state index in [9.17, 15) is 17.6 Å². The van der Waals surface area contributed by atoms with Crippen LogP contribution in [0.25, 0.3) is 0 Å². The number of sulfonamides is 1. The fourth-order valence-corrected chi connectivity index (χ4v) is 2.54. The van der Waals surface area contributed by atoms with Crippen LogP contribution < -0.4 is 5.32 Å². The number of carbonyl (C=O) groups is 1. The van der Waals surface area contributed by atoms with Gasteiger partial charge in [-0.25, -0.2) is 17.1 Å². The van der Waals surface area contributed by atoms with Crippen LogP contribution in [0.4, 0.5) is 4.39 Å². The molecule has 0 unspecified atom stereocenters. The van der Waals surface area contributed by atoms with Crippen molar-refractivity contribution in [3.05, 3.63) is 35.6 Å². The molecule has 0 fully saturated rings. The second kappa shape index (κ2) is 7.71. The Kier molecular flexibility index (Phi) is 6.27. The van der Waals surface area contributed by atoms with Crippen molar-refractivity contribution in [2.75, 3.05) is 25.9 Å². The molecule has 0 aromatic heterocycles. The molecule has 0 aliphatic heterocycles. The van der Waals surface area contributed by atoms with E-state index < -0.39 is 21.7 Å². The van der Waals surface area contributed by atoms with Gasteiger partial charge in [-0.05, 0) is 24.3 Å². The molecule has 1 N–H and O–H groups in total. The lowest BCUT2D eigenvalue weighted by Crippen LogP contribution is -2.36. The van der Waals surface area contributed by atoms with Crippen molar-refractivity contribution in [3.8, 4) is 6.07 Å². The zero-order valence-corrected chi connectivity index (χ0v) is 12.4. The smallest absolute Gasteiger partial charge is 0.251 e. The monoisotopic (exact) mass is 313 g/mol. The highest BCUT2D eigenvalue weighted by Gasteiger charge is 2.17. The molecule has 0 heterocycles. The van der Waals surface area contributed by atoms with Crippen molar-refractivity contribution in [3.63, 3.8) is 0 Å². The number of hydrogen-bond donors (Lipinski definition) is 1. The Morgan fingerprint density at radius 2 is 2.00 bits per heavy atom. The lowest BCUT2D eigenvalue weighted by Gasteiger charge is -2.15. The molecular weight excluding hydrogens is 297 g/mol. The lowest BCUT2D eigenvalue weighted by molar-refractivity contribution is 0.0956. The number of nitrogens with one attached hydrogen (secondary N) is 1. The van der Waals surface area contributed by atoms with Crippen LogP contribution in [-0.4, -0.2) is 44.5 Å². The first-order valence-corrected chi connectivity index (χ1v) is 7.82. The van der Waals surface area contributed by atoms with Gasteiger partial charge in [0.15, 0.2) is 0 Å². The molecule has 0 saturated carbocycles. The molecule has 0 aliphatic rings. The van der Waals surface area contributed by atoms with E-state index in [4.69, 9.17) is 5.26 Å². The van der Waals surface area contributed by atoms with Gasteiger partial charge in [0.2, 0.25) is 10.0 Å².